The van der Waals surface area contributed by atoms with E-state index in [9.17, 15) is 4.79 Å². The number of carbonyl (C=O) groups excluding carboxylic acids is 1. The molecule has 0 aliphatic heterocycles. The number of carbonyl (C=O) groups is 1. The highest BCUT2D eigenvalue weighted by Gasteiger charge is 2.18. The quantitative estimate of drug-likeness (QED) is 0.666. The molecule has 7 heteroatoms. The van der Waals surface area contributed by atoms with Gasteiger partial charge in [-0.2, -0.15) is 0 Å². The van der Waals surface area contributed by atoms with Crippen LogP contribution in [0, 0.1) is 6.92 Å². The van der Waals surface area contributed by atoms with Gasteiger partial charge in [0, 0.05) is 21.7 Å². The third kappa shape index (κ3) is 4.68. The van der Waals surface area contributed by atoms with E-state index in [-0.39, 0.29) is 11.3 Å². The summed E-state index contributed by atoms with van der Waals surface area (Å²) in [7, 11) is 0. The number of nitrogens with zero attached hydrogens (tertiary/aromatic N) is 2. The zero-order valence-corrected chi connectivity index (χ0v) is 16.8. The van der Waals surface area contributed by atoms with E-state index < -0.39 is 0 Å². The van der Waals surface area contributed by atoms with Gasteiger partial charge in [-0.25, -0.2) is 9.97 Å². The second-order valence-electron chi connectivity index (χ2n) is 6.91. The molecule has 0 atom stereocenters. The number of ether oxygens (including phenoxy) is 1. The van der Waals surface area contributed by atoms with Crippen molar-refractivity contribution in [3.63, 3.8) is 0 Å². The van der Waals surface area contributed by atoms with Crippen LogP contribution in [0.15, 0.2) is 35.0 Å². The first-order valence-electron chi connectivity index (χ1n) is 8.22. The topological polar surface area (TPSA) is 64.1 Å². The smallest absolute Gasteiger partial charge is 0.257 e. The Kier molecular flexibility index (Phi) is 5.38. The lowest BCUT2D eigenvalue weighted by Crippen LogP contribution is -2.14. The Hall–Kier alpha value is -2.25. The maximum absolute atomic E-state index is 12.4. The van der Waals surface area contributed by atoms with Crippen LogP contribution in [0.2, 0.25) is 0 Å². The molecule has 0 bridgehead atoms. The highest BCUT2D eigenvalue weighted by atomic mass is 32.1. The molecule has 0 unspecified atom stereocenters. The molecule has 26 heavy (non-hydrogen) atoms. The molecule has 1 aromatic carbocycles. The van der Waals surface area contributed by atoms with E-state index in [2.05, 4.69) is 36.1 Å². The first-order chi connectivity index (χ1) is 12.3. The van der Waals surface area contributed by atoms with Crippen LogP contribution in [-0.2, 0) is 12.0 Å². The summed E-state index contributed by atoms with van der Waals surface area (Å²) in [6.45, 7) is 8.68. The molecule has 3 aromatic rings. The maximum atomic E-state index is 12.4. The number of aromatic nitrogens is 2. The molecular formula is C19H21N3O2S2. The molecule has 0 radical (unpaired) electrons. The minimum Gasteiger partial charge on any atom is -0.487 e. The van der Waals surface area contributed by atoms with Crippen molar-refractivity contribution in [1.29, 1.82) is 0 Å². The highest BCUT2D eigenvalue weighted by Crippen LogP contribution is 2.26. The van der Waals surface area contributed by atoms with Gasteiger partial charge in [0.05, 0.1) is 16.4 Å². The number of aryl methyl sites for hydroxylation is 1. The van der Waals surface area contributed by atoms with Crippen LogP contribution in [-0.4, -0.2) is 15.9 Å². The summed E-state index contributed by atoms with van der Waals surface area (Å²) >= 11 is 3.04. The molecule has 1 amide bonds. The summed E-state index contributed by atoms with van der Waals surface area (Å²) in [5.41, 5.74) is 2.41. The molecule has 1 N–H and O–H groups in total. The van der Waals surface area contributed by atoms with Crippen LogP contribution in [0.25, 0.3) is 0 Å². The van der Waals surface area contributed by atoms with Crippen molar-refractivity contribution < 1.29 is 9.53 Å². The number of thiazole rings is 2. The Morgan fingerprint density at radius 3 is 2.42 bits per heavy atom. The molecule has 2 aromatic heterocycles. The van der Waals surface area contributed by atoms with E-state index in [1.54, 1.807) is 35.6 Å². The first-order valence-corrected chi connectivity index (χ1v) is 9.98. The summed E-state index contributed by atoms with van der Waals surface area (Å²) < 4.78 is 5.70. The summed E-state index contributed by atoms with van der Waals surface area (Å²) in [6.07, 6.45) is 0. The van der Waals surface area contributed by atoms with E-state index in [1.807, 2.05) is 17.7 Å². The average molecular weight is 388 g/mol. The van der Waals surface area contributed by atoms with E-state index in [0.717, 1.165) is 16.4 Å². The largest absolute Gasteiger partial charge is 0.487 e. The van der Waals surface area contributed by atoms with Crippen molar-refractivity contribution in [1.82, 2.24) is 9.97 Å². The van der Waals surface area contributed by atoms with Crippen LogP contribution in [0.3, 0.4) is 0 Å². The Morgan fingerprint density at radius 1 is 1.12 bits per heavy atom. The minimum atomic E-state index is -0.179. The van der Waals surface area contributed by atoms with Crippen LogP contribution in [0.4, 0.5) is 5.13 Å². The molecular weight excluding hydrogens is 366 g/mol. The van der Waals surface area contributed by atoms with Crippen molar-refractivity contribution >= 4 is 33.7 Å². The second-order valence-corrected chi connectivity index (χ2v) is 8.83. The first kappa shape index (κ1) is 18.5. The number of benzene rings is 1. The van der Waals surface area contributed by atoms with Gasteiger partial charge in [0.25, 0.3) is 5.91 Å². The Morgan fingerprint density at radius 2 is 1.85 bits per heavy atom. The predicted molar refractivity (Wildman–Crippen MR) is 106 cm³/mol. The summed E-state index contributed by atoms with van der Waals surface area (Å²) in [5.74, 6) is 0.526. The number of nitrogens with one attached hydrogen (secondary N) is 1. The molecule has 2 heterocycles. The minimum absolute atomic E-state index is 0.0334. The second kappa shape index (κ2) is 7.55. The van der Waals surface area contributed by atoms with Gasteiger partial charge in [-0.1, -0.05) is 20.8 Å². The van der Waals surface area contributed by atoms with Crippen LogP contribution in [0.1, 0.15) is 47.5 Å². The number of amides is 1. The van der Waals surface area contributed by atoms with E-state index >= 15 is 0 Å². The molecule has 0 saturated carbocycles. The van der Waals surface area contributed by atoms with E-state index in [1.165, 1.54) is 11.3 Å². The van der Waals surface area contributed by atoms with Gasteiger partial charge in [-0.15, -0.1) is 22.7 Å². The SMILES string of the molecule is Cc1nc(COc2ccc(C(=O)Nc3nc(C(C)(C)C)cs3)cc2)cs1. The molecule has 136 valence electrons. The Labute approximate surface area is 161 Å². The lowest BCUT2D eigenvalue weighted by molar-refractivity contribution is 0.102. The van der Waals surface area contributed by atoms with Gasteiger partial charge in [-0.3, -0.25) is 10.1 Å². The van der Waals surface area contributed by atoms with Crippen molar-refractivity contribution in [2.75, 3.05) is 5.32 Å². The predicted octanol–water partition coefficient (Wildman–Crippen LogP) is 5.04. The lowest BCUT2D eigenvalue weighted by atomic mass is 9.93. The third-order valence-electron chi connectivity index (χ3n) is 3.66. The number of hydrogen-bond acceptors (Lipinski definition) is 6. The Balaban J connectivity index is 1.59. The zero-order chi connectivity index (χ0) is 18.7. The van der Waals surface area contributed by atoms with Gasteiger partial charge in [-0.05, 0) is 31.2 Å². The zero-order valence-electron chi connectivity index (χ0n) is 15.2. The third-order valence-corrected chi connectivity index (χ3v) is 5.24. The van der Waals surface area contributed by atoms with Gasteiger partial charge in [0.2, 0.25) is 0 Å². The van der Waals surface area contributed by atoms with Gasteiger partial charge < -0.3 is 4.74 Å². The fraction of sp³-hybridized carbons (Fsp3) is 0.316. The van der Waals surface area contributed by atoms with Crippen LogP contribution < -0.4 is 10.1 Å². The van der Waals surface area contributed by atoms with Crippen molar-refractivity contribution in [2.45, 2.75) is 39.7 Å². The molecule has 0 spiro atoms. The molecule has 0 aliphatic carbocycles. The molecule has 0 saturated heterocycles. The molecule has 0 aliphatic rings. The standard InChI is InChI=1S/C19H21N3O2S2/c1-12-20-14(10-25-12)9-24-15-7-5-13(6-8-15)17(23)22-18-21-16(11-26-18)19(2,3)4/h5-8,10-11H,9H2,1-4H3,(H,21,22,23). The molecule has 5 nitrogen and oxygen atoms in total. The summed E-state index contributed by atoms with van der Waals surface area (Å²) in [4.78, 5) is 21.2. The highest BCUT2D eigenvalue weighted by molar-refractivity contribution is 7.14. The summed E-state index contributed by atoms with van der Waals surface area (Å²) in [6, 6.07) is 7.07. The van der Waals surface area contributed by atoms with E-state index in [0.29, 0.717) is 23.1 Å². The normalized spacial score (nSPS) is 11.4. The maximum Gasteiger partial charge on any atom is 0.257 e. The number of anilines is 1. The average Bonchev–Trinajstić information content (AvgIpc) is 3.22. The van der Waals surface area contributed by atoms with E-state index in [4.69, 9.17) is 4.74 Å². The van der Waals surface area contributed by atoms with Gasteiger partial charge in [0.15, 0.2) is 5.13 Å². The molecule has 0 fully saturated rings. The van der Waals surface area contributed by atoms with Crippen LogP contribution >= 0.6 is 22.7 Å². The fourth-order valence-corrected chi connectivity index (χ4v) is 3.71. The monoisotopic (exact) mass is 387 g/mol. The summed E-state index contributed by atoms with van der Waals surface area (Å²) in [5, 5.41) is 8.44. The van der Waals surface area contributed by atoms with Crippen LogP contribution in [0.5, 0.6) is 5.75 Å². The fourth-order valence-electron chi connectivity index (χ4n) is 2.18. The Bertz CT molecular complexity index is 892. The van der Waals surface area contributed by atoms with Gasteiger partial charge in [0.1, 0.15) is 12.4 Å². The van der Waals surface area contributed by atoms with Crippen molar-refractivity contribution in [3.05, 3.63) is 57.0 Å². The number of hydrogen-bond donors (Lipinski definition) is 1. The number of rotatable bonds is 5. The lowest BCUT2D eigenvalue weighted by Gasteiger charge is -2.14. The van der Waals surface area contributed by atoms with Crippen molar-refractivity contribution in [2.24, 2.45) is 0 Å². The molecule has 3 rings (SSSR count). The van der Waals surface area contributed by atoms with Crippen molar-refractivity contribution in [3.8, 4) is 5.75 Å². The van der Waals surface area contributed by atoms with Gasteiger partial charge >= 0.3 is 0 Å².